The molecule has 1 aliphatic rings. The van der Waals surface area contributed by atoms with Gasteiger partial charge in [0.1, 0.15) is 11.6 Å². The minimum absolute atomic E-state index is 0.0140. The number of aromatic nitrogens is 4. The number of hydrogen-bond acceptors (Lipinski definition) is 5. The van der Waals surface area contributed by atoms with Crippen LogP contribution >= 0.6 is 11.6 Å². The number of aryl methyl sites for hydroxylation is 1. The number of carbonyl (C=O) groups is 1. The van der Waals surface area contributed by atoms with Crippen molar-refractivity contribution in [3.05, 3.63) is 47.0 Å². The van der Waals surface area contributed by atoms with Crippen LogP contribution < -0.4 is 10.2 Å². The molecule has 2 aromatic heterocycles. The summed E-state index contributed by atoms with van der Waals surface area (Å²) in [5.74, 6) is 0.689. The minimum Gasteiger partial charge on any atom is -0.354 e. The Labute approximate surface area is 160 Å². The van der Waals surface area contributed by atoms with Crippen LogP contribution in [0.3, 0.4) is 0 Å². The number of nitrogens with zero attached hydrogens (tertiary/aromatic N) is 5. The van der Waals surface area contributed by atoms with E-state index in [9.17, 15) is 9.18 Å². The summed E-state index contributed by atoms with van der Waals surface area (Å²) in [6, 6.07) is 7.92. The molecule has 27 heavy (non-hydrogen) atoms. The van der Waals surface area contributed by atoms with E-state index < -0.39 is 5.82 Å². The van der Waals surface area contributed by atoms with E-state index in [2.05, 4.69) is 25.5 Å². The first-order chi connectivity index (χ1) is 13.0. The molecule has 3 heterocycles. The summed E-state index contributed by atoms with van der Waals surface area (Å²) in [7, 11) is 0. The molecule has 0 bridgehead atoms. The highest BCUT2D eigenvalue weighted by molar-refractivity contribution is 6.31. The fourth-order valence-corrected chi connectivity index (χ4v) is 3.45. The molecule has 3 aromatic rings. The Morgan fingerprint density at radius 1 is 1.30 bits per heavy atom. The molecule has 1 aliphatic heterocycles. The van der Waals surface area contributed by atoms with Crippen molar-refractivity contribution in [3.8, 4) is 0 Å². The lowest BCUT2D eigenvalue weighted by atomic mass is 9.97. The number of fused-ring (bicyclic) bond motifs is 1. The monoisotopic (exact) mass is 388 g/mol. The van der Waals surface area contributed by atoms with Crippen LogP contribution in [0.2, 0.25) is 5.02 Å². The van der Waals surface area contributed by atoms with Crippen LogP contribution in [0.5, 0.6) is 0 Å². The Hall–Kier alpha value is -2.74. The van der Waals surface area contributed by atoms with Gasteiger partial charge in [-0.2, -0.15) is 4.52 Å². The predicted molar refractivity (Wildman–Crippen MR) is 100 cm³/mol. The van der Waals surface area contributed by atoms with E-state index in [0.717, 1.165) is 25.2 Å². The van der Waals surface area contributed by atoms with Crippen molar-refractivity contribution in [1.29, 1.82) is 0 Å². The van der Waals surface area contributed by atoms with Gasteiger partial charge in [-0.1, -0.05) is 11.6 Å². The second-order valence-electron chi connectivity index (χ2n) is 6.61. The third kappa shape index (κ3) is 3.57. The van der Waals surface area contributed by atoms with Crippen molar-refractivity contribution in [1.82, 2.24) is 19.8 Å². The standard InChI is InChI=1S/C18H18ClFN6O/c1-11-22-23-16-6-7-17(24-26(11)16)25-8-2-3-12(10-25)18(27)21-13-4-5-15(20)14(19)9-13/h4-7,9,12H,2-3,8,10H2,1H3,(H,21,27)/t12-/m0/s1. The zero-order valence-corrected chi connectivity index (χ0v) is 15.4. The highest BCUT2D eigenvalue weighted by Crippen LogP contribution is 2.24. The Morgan fingerprint density at radius 3 is 2.96 bits per heavy atom. The number of halogens is 2. The molecular weight excluding hydrogens is 371 g/mol. The van der Waals surface area contributed by atoms with Gasteiger partial charge in [0, 0.05) is 18.8 Å². The predicted octanol–water partition coefficient (Wildman–Crippen LogP) is 3.08. The lowest BCUT2D eigenvalue weighted by molar-refractivity contribution is -0.120. The maximum Gasteiger partial charge on any atom is 0.229 e. The molecule has 1 atom stereocenters. The molecule has 9 heteroatoms. The maximum atomic E-state index is 13.3. The summed E-state index contributed by atoms with van der Waals surface area (Å²) in [6.07, 6.45) is 1.66. The van der Waals surface area contributed by atoms with Gasteiger partial charge in [-0.05, 0) is 50.1 Å². The third-order valence-electron chi connectivity index (χ3n) is 4.71. The molecule has 0 unspecified atom stereocenters. The van der Waals surface area contributed by atoms with Crippen LogP contribution in [0, 0.1) is 18.7 Å². The first kappa shape index (κ1) is 17.7. The van der Waals surface area contributed by atoms with Crippen LogP contribution in [0.15, 0.2) is 30.3 Å². The molecule has 4 rings (SSSR count). The van der Waals surface area contributed by atoms with E-state index in [1.54, 1.807) is 4.52 Å². The maximum absolute atomic E-state index is 13.3. The number of carbonyl (C=O) groups excluding carboxylic acids is 1. The van der Waals surface area contributed by atoms with Crippen molar-refractivity contribution in [3.63, 3.8) is 0 Å². The second kappa shape index (κ2) is 7.11. The number of hydrogen-bond donors (Lipinski definition) is 1. The number of nitrogens with one attached hydrogen (secondary N) is 1. The number of amides is 1. The molecule has 0 aliphatic carbocycles. The zero-order chi connectivity index (χ0) is 19.0. The van der Waals surface area contributed by atoms with Crippen molar-refractivity contribution in [2.24, 2.45) is 5.92 Å². The van der Waals surface area contributed by atoms with E-state index >= 15 is 0 Å². The SMILES string of the molecule is Cc1nnc2ccc(N3CCC[C@H](C(=O)Nc4ccc(F)c(Cl)c4)C3)nn12. The summed E-state index contributed by atoms with van der Waals surface area (Å²) in [4.78, 5) is 14.7. The quantitative estimate of drug-likeness (QED) is 0.746. The normalized spacial score (nSPS) is 17.3. The van der Waals surface area contributed by atoms with Crippen molar-refractivity contribution in [2.45, 2.75) is 19.8 Å². The lowest BCUT2D eigenvalue weighted by Crippen LogP contribution is -2.41. The van der Waals surface area contributed by atoms with Gasteiger partial charge in [-0.15, -0.1) is 15.3 Å². The summed E-state index contributed by atoms with van der Waals surface area (Å²) >= 11 is 5.78. The summed E-state index contributed by atoms with van der Waals surface area (Å²) in [5, 5.41) is 15.4. The van der Waals surface area contributed by atoms with Gasteiger partial charge in [-0.25, -0.2) is 4.39 Å². The van der Waals surface area contributed by atoms with E-state index in [4.69, 9.17) is 11.6 Å². The molecule has 0 radical (unpaired) electrons. The molecule has 0 saturated carbocycles. The molecular formula is C18H18ClFN6O. The van der Waals surface area contributed by atoms with E-state index in [1.807, 2.05) is 19.1 Å². The van der Waals surface area contributed by atoms with E-state index in [1.165, 1.54) is 18.2 Å². The van der Waals surface area contributed by atoms with Gasteiger partial charge >= 0.3 is 0 Å². The van der Waals surface area contributed by atoms with E-state index in [-0.39, 0.29) is 16.8 Å². The van der Waals surface area contributed by atoms with Gasteiger partial charge in [-0.3, -0.25) is 4.79 Å². The van der Waals surface area contributed by atoms with Gasteiger partial charge in [0.15, 0.2) is 11.5 Å². The van der Waals surface area contributed by atoms with E-state index in [0.29, 0.717) is 23.7 Å². The van der Waals surface area contributed by atoms with Crippen molar-refractivity contribution < 1.29 is 9.18 Å². The average Bonchev–Trinajstić information content (AvgIpc) is 3.05. The minimum atomic E-state index is -0.510. The van der Waals surface area contributed by atoms with Crippen LogP contribution in [0.25, 0.3) is 5.65 Å². The first-order valence-electron chi connectivity index (χ1n) is 8.71. The van der Waals surface area contributed by atoms with Gasteiger partial charge < -0.3 is 10.2 Å². The molecule has 1 fully saturated rings. The number of piperidine rings is 1. The Bertz CT molecular complexity index is 1010. The van der Waals surface area contributed by atoms with Crippen LogP contribution in [-0.2, 0) is 4.79 Å². The van der Waals surface area contributed by atoms with Crippen LogP contribution in [0.4, 0.5) is 15.9 Å². The zero-order valence-electron chi connectivity index (χ0n) is 14.7. The molecule has 140 valence electrons. The molecule has 0 spiro atoms. The van der Waals surface area contributed by atoms with Gasteiger partial charge in [0.2, 0.25) is 5.91 Å². The lowest BCUT2D eigenvalue weighted by Gasteiger charge is -2.32. The molecule has 7 nitrogen and oxygen atoms in total. The highest BCUT2D eigenvalue weighted by atomic mass is 35.5. The topological polar surface area (TPSA) is 75.4 Å². The molecule has 1 N–H and O–H groups in total. The number of rotatable bonds is 3. The summed E-state index contributed by atoms with van der Waals surface area (Å²) in [6.45, 7) is 3.23. The van der Waals surface area contributed by atoms with Crippen LogP contribution in [0.1, 0.15) is 18.7 Å². The van der Waals surface area contributed by atoms with Gasteiger partial charge in [0.05, 0.1) is 10.9 Å². The third-order valence-corrected chi connectivity index (χ3v) is 5.00. The number of anilines is 2. The molecule has 1 amide bonds. The fourth-order valence-electron chi connectivity index (χ4n) is 3.27. The highest BCUT2D eigenvalue weighted by Gasteiger charge is 2.27. The van der Waals surface area contributed by atoms with Crippen molar-refractivity contribution in [2.75, 3.05) is 23.3 Å². The Morgan fingerprint density at radius 2 is 2.15 bits per heavy atom. The first-order valence-corrected chi connectivity index (χ1v) is 9.09. The van der Waals surface area contributed by atoms with Crippen molar-refractivity contribution >= 4 is 34.7 Å². The average molecular weight is 389 g/mol. The molecule has 1 aromatic carbocycles. The largest absolute Gasteiger partial charge is 0.354 e. The Balaban J connectivity index is 1.48. The summed E-state index contributed by atoms with van der Waals surface area (Å²) in [5.41, 5.74) is 1.18. The summed E-state index contributed by atoms with van der Waals surface area (Å²) < 4.78 is 15.0. The second-order valence-corrected chi connectivity index (χ2v) is 7.02. The van der Waals surface area contributed by atoms with Gasteiger partial charge in [0.25, 0.3) is 0 Å². The molecule has 1 saturated heterocycles. The Kier molecular flexibility index (Phi) is 4.65. The fraction of sp³-hybridized carbons (Fsp3) is 0.333. The smallest absolute Gasteiger partial charge is 0.229 e. The van der Waals surface area contributed by atoms with Crippen LogP contribution in [-0.4, -0.2) is 38.8 Å². The number of benzene rings is 1.